The molecule has 3 heteroatoms. The van der Waals surface area contributed by atoms with Crippen molar-refractivity contribution in [3.8, 4) is 0 Å². The molecule has 0 spiro atoms. The Morgan fingerprint density at radius 1 is 1.38 bits per heavy atom. The van der Waals surface area contributed by atoms with Crippen molar-refractivity contribution < 1.29 is 0 Å². The van der Waals surface area contributed by atoms with Crippen LogP contribution in [0.4, 0.5) is 5.69 Å². The smallest absolute Gasteiger partial charge is 0.0500 e. The van der Waals surface area contributed by atoms with Crippen molar-refractivity contribution in [3.63, 3.8) is 0 Å². The topological polar surface area (TPSA) is 52.0 Å². The van der Waals surface area contributed by atoms with Crippen LogP contribution >= 0.6 is 22.6 Å². The molecular formula is C10H13IN2. The Hall–Kier alpha value is -0.290. The molecule has 0 unspecified atom stereocenters. The molecule has 1 aliphatic rings. The lowest BCUT2D eigenvalue weighted by molar-refractivity contribution is 0.572. The highest BCUT2D eigenvalue weighted by atomic mass is 127. The molecule has 0 saturated carbocycles. The third-order valence-electron chi connectivity index (χ3n) is 2.66. The Labute approximate surface area is 91.8 Å². The lowest BCUT2D eigenvalue weighted by Crippen LogP contribution is -2.19. The van der Waals surface area contributed by atoms with Crippen LogP contribution in [-0.2, 0) is 6.42 Å². The van der Waals surface area contributed by atoms with Gasteiger partial charge in [0, 0.05) is 9.61 Å². The Kier molecular flexibility index (Phi) is 2.47. The summed E-state index contributed by atoms with van der Waals surface area (Å²) in [6, 6.07) is 4.39. The molecule has 0 saturated heterocycles. The summed E-state index contributed by atoms with van der Waals surface area (Å²) in [5, 5.41) is 0. The van der Waals surface area contributed by atoms with E-state index in [1.165, 1.54) is 17.5 Å². The second kappa shape index (κ2) is 3.46. The summed E-state index contributed by atoms with van der Waals surface area (Å²) < 4.78 is 1.12. The maximum absolute atomic E-state index is 6.03. The highest BCUT2D eigenvalue weighted by Crippen LogP contribution is 2.34. The summed E-state index contributed by atoms with van der Waals surface area (Å²) in [4.78, 5) is 0. The Bertz CT molecular complexity index is 336. The number of nitrogens with two attached hydrogens (primary N) is 2. The molecule has 0 aliphatic heterocycles. The van der Waals surface area contributed by atoms with Gasteiger partial charge in [0.2, 0.25) is 0 Å². The lowest BCUT2D eigenvalue weighted by atomic mass is 9.87. The van der Waals surface area contributed by atoms with Crippen molar-refractivity contribution in [1.29, 1.82) is 0 Å². The second-order valence-corrected chi connectivity index (χ2v) is 4.69. The molecule has 1 aliphatic carbocycles. The van der Waals surface area contributed by atoms with Crippen LogP contribution in [0.1, 0.15) is 30.0 Å². The number of hydrogen-bond donors (Lipinski definition) is 2. The van der Waals surface area contributed by atoms with Crippen LogP contribution in [0.15, 0.2) is 12.1 Å². The van der Waals surface area contributed by atoms with E-state index >= 15 is 0 Å². The monoisotopic (exact) mass is 288 g/mol. The lowest BCUT2D eigenvalue weighted by Gasteiger charge is -2.24. The van der Waals surface area contributed by atoms with Gasteiger partial charge in [0.05, 0.1) is 5.69 Å². The molecule has 2 nitrogen and oxygen atoms in total. The molecule has 1 aromatic rings. The van der Waals surface area contributed by atoms with Gasteiger partial charge in [0.25, 0.3) is 0 Å². The molecule has 4 N–H and O–H groups in total. The molecule has 70 valence electrons. The molecule has 1 aromatic carbocycles. The van der Waals surface area contributed by atoms with Crippen LogP contribution in [0.2, 0.25) is 0 Å². The fraction of sp³-hybridized carbons (Fsp3) is 0.400. The van der Waals surface area contributed by atoms with E-state index in [4.69, 9.17) is 11.5 Å². The van der Waals surface area contributed by atoms with Crippen LogP contribution in [0.5, 0.6) is 0 Å². The van der Waals surface area contributed by atoms with Crippen molar-refractivity contribution in [2.45, 2.75) is 25.3 Å². The number of aryl methyl sites for hydroxylation is 1. The third-order valence-corrected chi connectivity index (χ3v) is 3.60. The number of anilines is 1. The number of fused-ring (bicyclic) bond motifs is 1. The summed E-state index contributed by atoms with van der Waals surface area (Å²) in [5.74, 6) is 0. The van der Waals surface area contributed by atoms with Gasteiger partial charge in [-0.15, -0.1) is 0 Å². The van der Waals surface area contributed by atoms with Crippen molar-refractivity contribution in [3.05, 3.63) is 26.8 Å². The van der Waals surface area contributed by atoms with Crippen LogP contribution in [-0.4, -0.2) is 0 Å². The fourth-order valence-corrected chi connectivity index (χ4v) is 2.44. The first-order chi connectivity index (χ1) is 6.20. The molecule has 0 radical (unpaired) electrons. The van der Waals surface area contributed by atoms with Gasteiger partial charge in [-0.25, -0.2) is 0 Å². The quantitative estimate of drug-likeness (QED) is 0.568. The van der Waals surface area contributed by atoms with E-state index in [1.807, 2.05) is 0 Å². The van der Waals surface area contributed by atoms with Gasteiger partial charge in [-0.2, -0.15) is 0 Å². The number of halogens is 1. The predicted molar refractivity (Wildman–Crippen MR) is 63.4 cm³/mol. The van der Waals surface area contributed by atoms with Crippen LogP contribution in [0.25, 0.3) is 0 Å². The maximum Gasteiger partial charge on any atom is 0.0500 e. The minimum Gasteiger partial charge on any atom is -0.398 e. The number of nitrogen functional groups attached to an aromatic ring is 1. The van der Waals surface area contributed by atoms with Gasteiger partial charge in [0.1, 0.15) is 0 Å². The van der Waals surface area contributed by atoms with E-state index in [9.17, 15) is 0 Å². The maximum atomic E-state index is 6.03. The molecule has 13 heavy (non-hydrogen) atoms. The Balaban J connectivity index is 2.58. The van der Waals surface area contributed by atoms with Crippen LogP contribution < -0.4 is 11.5 Å². The summed E-state index contributed by atoms with van der Waals surface area (Å²) in [6.07, 6.45) is 3.38. The fourth-order valence-electron chi connectivity index (χ4n) is 1.97. The Morgan fingerprint density at radius 3 is 2.92 bits per heavy atom. The minimum atomic E-state index is 0.151. The predicted octanol–water partition coefficient (Wildman–Crippen LogP) is 2.21. The van der Waals surface area contributed by atoms with E-state index in [2.05, 4.69) is 34.7 Å². The van der Waals surface area contributed by atoms with Crippen molar-refractivity contribution in [2.75, 3.05) is 5.73 Å². The van der Waals surface area contributed by atoms with Gasteiger partial charge in [-0.1, -0.05) is 6.07 Å². The largest absolute Gasteiger partial charge is 0.398 e. The summed E-state index contributed by atoms with van der Waals surface area (Å²) >= 11 is 2.26. The van der Waals surface area contributed by atoms with Gasteiger partial charge in [0.15, 0.2) is 0 Å². The highest BCUT2D eigenvalue weighted by molar-refractivity contribution is 14.1. The zero-order chi connectivity index (χ0) is 9.42. The molecule has 0 aromatic heterocycles. The molecule has 0 heterocycles. The number of hydrogen-bond acceptors (Lipinski definition) is 2. The molecular weight excluding hydrogens is 275 g/mol. The third kappa shape index (κ3) is 1.55. The SMILES string of the molecule is Nc1c(I)ccc2c1[C@@H](N)CCC2. The van der Waals surface area contributed by atoms with Gasteiger partial charge in [-0.3, -0.25) is 0 Å². The molecule has 0 amide bonds. The second-order valence-electron chi connectivity index (χ2n) is 3.53. The zero-order valence-corrected chi connectivity index (χ0v) is 9.54. The first-order valence-corrected chi connectivity index (χ1v) is 5.60. The molecule has 2 rings (SSSR count). The molecule has 0 fully saturated rings. The van der Waals surface area contributed by atoms with Gasteiger partial charge < -0.3 is 11.5 Å². The molecule has 0 bridgehead atoms. The van der Waals surface area contributed by atoms with E-state index in [1.54, 1.807) is 0 Å². The van der Waals surface area contributed by atoms with E-state index in [0.29, 0.717) is 0 Å². The van der Waals surface area contributed by atoms with Gasteiger partial charge in [-0.05, 0) is 59.0 Å². The number of rotatable bonds is 0. The summed E-state index contributed by atoms with van der Waals surface area (Å²) in [7, 11) is 0. The average molecular weight is 288 g/mol. The average Bonchev–Trinajstić information content (AvgIpc) is 2.12. The first kappa shape index (κ1) is 9.27. The van der Waals surface area contributed by atoms with Crippen LogP contribution in [0, 0.1) is 3.57 Å². The van der Waals surface area contributed by atoms with E-state index in [0.717, 1.165) is 22.1 Å². The standard InChI is InChI=1S/C10H13IN2/c11-7-5-4-6-2-1-3-8(12)9(6)10(7)13/h4-5,8H,1-3,12-13H2/t8-/m0/s1. The van der Waals surface area contributed by atoms with Crippen molar-refractivity contribution >= 4 is 28.3 Å². The normalized spacial score (nSPS) is 21.2. The summed E-state index contributed by atoms with van der Waals surface area (Å²) in [5.41, 5.74) is 15.5. The Morgan fingerprint density at radius 2 is 2.15 bits per heavy atom. The zero-order valence-electron chi connectivity index (χ0n) is 7.39. The van der Waals surface area contributed by atoms with Crippen molar-refractivity contribution in [1.82, 2.24) is 0 Å². The molecule has 1 atom stereocenters. The highest BCUT2D eigenvalue weighted by Gasteiger charge is 2.20. The van der Waals surface area contributed by atoms with E-state index in [-0.39, 0.29) is 6.04 Å². The van der Waals surface area contributed by atoms with Gasteiger partial charge >= 0.3 is 0 Å². The summed E-state index contributed by atoms with van der Waals surface area (Å²) in [6.45, 7) is 0. The number of benzene rings is 1. The van der Waals surface area contributed by atoms with E-state index < -0.39 is 0 Å². The van der Waals surface area contributed by atoms with Crippen LogP contribution in [0.3, 0.4) is 0 Å². The minimum absolute atomic E-state index is 0.151. The van der Waals surface area contributed by atoms with Crippen molar-refractivity contribution in [2.24, 2.45) is 5.73 Å². The first-order valence-electron chi connectivity index (χ1n) is 4.52.